The van der Waals surface area contributed by atoms with E-state index in [4.69, 9.17) is 9.73 Å². The molecule has 10 heteroatoms. The van der Waals surface area contributed by atoms with Gasteiger partial charge in [0.2, 0.25) is 0 Å². The molecule has 1 aromatic heterocycles. The minimum Gasteiger partial charge on any atom is -0.460 e. The first-order valence-corrected chi connectivity index (χ1v) is 11.7. The summed E-state index contributed by atoms with van der Waals surface area (Å²) in [4.78, 5) is 31.6. The molecule has 0 saturated carbocycles. The van der Waals surface area contributed by atoms with Crippen molar-refractivity contribution in [3.05, 3.63) is 103 Å². The highest BCUT2D eigenvalue weighted by Gasteiger charge is 2.46. The number of carbonyl (C=O) groups excluding carboxylic acids is 1. The van der Waals surface area contributed by atoms with E-state index in [9.17, 15) is 22.8 Å². The molecule has 0 amide bonds. The van der Waals surface area contributed by atoms with E-state index >= 15 is 4.39 Å². The zero-order chi connectivity index (χ0) is 26.5. The topological polar surface area (TPSA) is 71.5 Å². The highest BCUT2D eigenvalue weighted by molar-refractivity contribution is 9.10. The van der Waals surface area contributed by atoms with Crippen molar-refractivity contribution in [2.24, 2.45) is 4.99 Å². The monoisotopic (exact) mass is 564 g/mol. The number of aliphatic imine (C=N–C) groups is 1. The molecule has 2 heterocycles. The van der Waals surface area contributed by atoms with Crippen LogP contribution in [-0.4, -0.2) is 22.3 Å². The molecule has 188 valence electrons. The number of rotatable bonds is 4. The normalized spacial score (nSPS) is 17.5. The summed E-state index contributed by atoms with van der Waals surface area (Å²) in [7, 11) is 0. The third-order valence-corrected chi connectivity index (χ3v) is 6.09. The molecule has 4 rings (SSSR count). The molecule has 1 unspecified atom stereocenters. The Morgan fingerprint density at radius 3 is 2.42 bits per heavy atom. The second-order valence-corrected chi connectivity index (χ2v) is 10.2. The summed E-state index contributed by atoms with van der Waals surface area (Å²) >= 11 is 3.37. The Balaban J connectivity index is 2.04. The highest BCUT2D eigenvalue weighted by atomic mass is 79.9. The van der Waals surface area contributed by atoms with Crippen LogP contribution in [0, 0.1) is 5.82 Å². The minimum absolute atomic E-state index is 0.00286. The third kappa shape index (κ3) is 4.74. The number of benzene rings is 2. The average Bonchev–Trinajstić information content (AvgIpc) is 3.08. The molecular weight excluding hydrogens is 544 g/mol. The van der Waals surface area contributed by atoms with Gasteiger partial charge >= 0.3 is 12.1 Å². The molecule has 0 radical (unpaired) electrons. The largest absolute Gasteiger partial charge is 0.460 e. The number of fused-ring (bicyclic) bond motifs is 1. The molecule has 1 atom stereocenters. The molecular formula is C26H21BrF4N2O3. The van der Waals surface area contributed by atoms with Crippen LogP contribution in [-0.2, 0) is 21.2 Å². The van der Waals surface area contributed by atoms with Crippen LogP contribution in [0.3, 0.4) is 0 Å². The van der Waals surface area contributed by atoms with Crippen LogP contribution in [0.5, 0.6) is 0 Å². The van der Waals surface area contributed by atoms with Gasteiger partial charge in [-0.1, -0.05) is 40.2 Å². The predicted molar refractivity (Wildman–Crippen MR) is 129 cm³/mol. The molecule has 5 nitrogen and oxygen atoms in total. The fourth-order valence-electron chi connectivity index (χ4n) is 4.30. The maximum absolute atomic E-state index is 15.2. The SMILES string of the molecule is CC(C)(C)OC(=O)CC1=NC(c2cccc(Br)c2)(c2c[nH]c(=O)c(C(F)(F)F)c2)c2cccc(F)c21. The smallest absolute Gasteiger partial charge is 0.421 e. The van der Waals surface area contributed by atoms with Gasteiger partial charge < -0.3 is 9.72 Å². The lowest BCUT2D eigenvalue weighted by atomic mass is 9.77. The molecule has 0 fully saturated rings. The van der Waals surface area contributed by atoms with Crippen LogP contribution in [0.25, 0.3) is 0 Å². The molecule has 0 bridgehead atoms. The zero-order valence-electron chi connectivity index (χ0n) is 19.5. The number of hydrogen-bond acceptors (Lipinski definition) is 4. The Labute approximate surface area is 212 Å². The number of nitrogens with one attached hydrogen (secondary N) is 1. The number of aromatic amines is 1. The Hall–Kier alpha value is -3.27. The first-order chi connectivity index (χ1) is 16.7. The van der Waals surface area contributed by atoms with Crippen molar-refractivity contribution >= 4 is 27.6 Å². The Morgan fingerprint density at radius 1 is 1.08 bits per heavy atom. The van der Waals surface area contributed by atoms with Crippen molar-refractivity contribution in [3.8, 4) is 0 Å². The van der Waals surface area contributed by atoms with Crippen LogP contribution in [0.15, 0.2) is 69.0 Å². The second-order valence-electron chi connectivity index (χ2n) is 9.33. The van der Waals surface area contributed by atoms with Gasteiger partial charge in [-0.3, -0.25) is 14.6 Å². The van der Waals surface area contributed by atoms with E-state index in [1.165, 1.54) is 12.1 Å². The molecule has 0 spiro atoms. The van der Waals surface area contributed by atoms with Gasteiger partial charge in [0, 0.05) is 27.4 Å². The van der Waals surface area contributed by atoms with E-state index in [1.54, 1.807) is 51.1 Å². The zero-order valence-corrected chi connectivity index (χ0v) is 21.1. The lowest BCUT2D eigenvalue weighted by Gasteiger charge is -2.30. The van der Waals surface area contributed by atoms with Gasteiger partial charge in [-0.2, -0.15) is 13.2 Å². The molecule has 1 aliphatic heterocycles. The number of hydrogen-bond donors (Lipinski definition) is 1. The highest BCUT2D eigenvalue weighted by Crippen LogP contribution is 2.48. The number of esters is 1. The van der Waals surface area contributed by atoms with Crippen molar-refractivity contribution in [1.29, 1.82) is 0 Å². The van der Waals surface area contributed by atoms with Crippen molar-refractivity contribution in [1.82, 2.24) is 4.98 Å². The van der Waals surface area contributed by atoms with E-state index in [2.05, 4.69) is 20.9 Å². The Kier molecular flexibility index (Phi) is 6.45. The number of halogens is 5. The fourth-order valence-corrected chi connectivity index (χ4v) is 4.70. The summed E-state index contributed by atoms with van der Waals surface area (Å²) in [5, 5.41) is 0. The van der Waals surface area contributed by atoms with Crippen LogP contribution in [0.4, 0.5) is 17.6 Å². The van der Waals surface area contributed by atoms with Crippen LogP contribution in [0.2, 0.25) is 0 Å². The lowest BCUT2D eigenvalue weighted by molar-refractivity contribution is -0.153. The summed E-state index contributed by atoms with van der Waals surface area (Å²) in [6.45, 7) is 5.04. The molecule has 1 aliphatic rings. The quantitative estimate of drug-likeness (QED) is 0.306. The maximum atomic E-state index is 15.2. The molecule has 3 aromatic rings. The van der Waals surface area contributed by atoms with Gasteiger partial charge in [0.15, 0.2) is 0 Å². The number of alkyl halides is 3. The first kappa shape index (κ1) is 25.8. The maximum Gasteiger partial charge on any atom is 0.421 e. The number of H-pyrrole nitrogens is 1. The summed E-state index contributed by atoms with van der Waals surface area (Å²) < 4.78 is 62.3. The van der Waals surface area contributed by atoms with Crippen molar-refractivity contribution in [2.75, 3.05) is 0 Å². The van der Waals surface area contributed by atoms with E-state index in [-0.39, 0.29) is 22.4 Å². The van der Waals surface area contributed by atoms with Gasteiger partial charge in [-0.15, -0.1) is 0 Å². The van der Waals surface area contributed by atoms with Crippen molar-refractivity contribution in [3.63, 3.8) is 0 Å². The average molecular weight is 565 g/mol. The lowest BCUT2D eigenvalue weighted by Crippen LogP contribution is -2.29. The summed E-state index contributed by atoms with van der Waals surface area (Å²) in [6, 6.07) is 11.5. The number of carbonyl (C=O) groups is 1. The van der Waals surface area contributed by atoms with E-state index in [1.807, 2.05) is 0 Å². The standard InChI is InChI=1S/C26H21BrF4N2O3/c1-24(2,3)36-21(34)12-20-22-17(8-5-9-19(22)28)25(33-20,14-6-4-7-16(27)10-14)15-11-18(26(29,30)31)23(35)32-13-15/h4-11,13H,12H2,1-3H3,(H,32,35). The second kappa shape index (κ2) is 8.99. The Bertz CT molecular complexity index is 1440. The minimum atomic E-state index is -4.94. The van der Waals surface area contributed by atoms with E-state index in [0.717, 1.165) is 6.20 Å². The third-order valence-electron chi connectivity index (χ3n) is 5.60. The van der Waals surface area contributed by atoms with Crippen LogP contribution < -0.4 is 5.56 Å². The fraction of sp³-hybridized carbons (Fsp3) is 0.269. The molecule has 36 heavy (non-hydrogen) atoms. The van der Waals surface area contributed by atoms with Crippen molar-refractivity contribution < 1.29 is 27.1 Å². The summed E-state index contributed by atoms with van der Waals surface area (Å²) in [6.07, 6.45) is -4.21. The number of pyridine rings is 1. The summed E-state index contributed by atoms with van der Waals surface area (Å²) in [5.41, 5.74) is -4.59. The first-order valence-electron chi connectivity index (χ1n) is 10.9. The molecule has 2 aromatic carbocycles. The summed E-state index contributed by atoms with van der Waals surface area (Å²) in [5.74, 6) is -1.36. The molecule has 0 saturated heterocycles. The van der Waals surface area contributed by atoms with Crippen LogP contribution in [0.1, 0.15) is 55.0 Å². The van der Waals surface area contributed by atoms with E-state index in [0.29, 0.717) is 16.1 Å². The van der Waals surface area contributed by atoms with Gasteiger partial charge in [0.05, 0.1) is 12.1 Å². The number of nitrogens with zero attached hydrogens (tertiary/aromatic N) is 1. The van der Waals surface area contributed by atoms with Gasteiger partial charge in [-0.05, 0) is 50.6 Å². The van der Waals surface area contributed by atoms with Crippen molar-refractivity contribution in [2.45, 2.75) is 44.5 Å². The van der Waals surface area contributed by atoms with E-state index < -0.39 is 46.6 Å². The van der Waals surface area contributed by atoms with Gasteiger partial charge in [-0.25, -0.2) is 4.39 Å². The van der Waals surface area contributed by atoms with Gasteiger partial charge in [0.25, 0.3) is 5.56 Å². The Morgan fingerprint density at radius 2 is 1.78 bits per heavy atom. The molecule has 0 aliphatic carbocycles. The molecule has 1 N–H and O–H groups in total. The van der Waals surface area contributed by atoms with Crippen LogP contribution >= 0.6 is 15.9 Å². The number of aromatic nitrogens is 1. The predicted octanol–water partition coefficient (Wildman–Crippen LogP) is 6.12. The van der Waals surface area contributed by atoms with Gasteiger partial charge in [0.1, 0.15) is 22.5 Å². The number of ether oxygens (including phenoxy) is 1.